The van der Waals surface area contributed by atoms with Crippen LogP contribution in [0.15, 0.2) is 0 Å². The molecule has 1 saturated heterocycles. The molecule has 1 aliphatic heterocycles. The van der Waals surface area contributed by atoms with E-state index in [1.807, 2.05) is 7.05 Å². The summed E-state index contributed by atoms with van der Waals surface area (Å²) in [7, 11) is 1.90. The van der Waals surface area contributed by atoms with Crippen molar-refractivity contribution in [2.75, 3.05) is 26.8 Å². The zero-order valence-corrected chi connectivity index (χ0v) is 5.11. The van der Waals surface area contributed by atoms with E-state index in [-0.39, 0.29) is 5.54 Å². The SMILES string of the molecule is CNCC1(N)COC1. The number of nitrogens with two attached hydrogens (primary N) is 1. The molecule has 0 aliphatic carbocycles. The van der Waals surface area contributed by atoms with Crippen LogP contribution in [0.1, 0.15) is 0 Å². The fourth-order valence-electron chi connectivity index (χ4n) is 0.818. The van der Waals surface area contributed by atoms with Crippen LogP contribution in [-0.2, 0) is 4.74 Å². The molecule has 3 heteroatoms. The summed E-state index contributed by atoms with van der Waals surface area (Å²) in [5.74, 6) is 0. The molecule has 0 aromatic heterocycles. The van der Waals surface area contributed by atoms with Gasteiger partial charge in [0.25, 0.3) is 0 Å². The zero-order chi connectivity index (χ0) is 6.04. The van der Waals surface area contributed by atoms with Crippen molar-refractivity contribution in [2.45, 2.75) is 5.54 Å². The van der Waals surface area contributed by atoms with Crippen LogP contribution in [0.25, 0.3) is 0 Å². The van der Waals surface area contributed by atoms with Gasteiger partial charge in [0.05, 0.1) is 18.8 Å². The first-order valence-corrected chi connectivity index (χ1v) is 2.78. The smallest absolute Gasteiger partial charge is 0.0754 e. The van der Waals surface area contributed by atoms with Gasteiger partial charge in [0.2, 0.25) is 0 Å². The van der Waals surface area contributed by atoms with Crippen molar-refractivity contribution >= 4 is 0 Å². The molecule has 0 aromatic rings. The highest BCUT2D eigenvalue weighted by atomic mass is 16.5. The maximum Gasteiger partial charge on any atom is 0.0754 e. The van der Waals surface area contributed by atoms with Crippen LogP contribution in [0.5, 0.6) is 0 Å². The molecular weight excluding hydrogens is 104 g/mol. The molecule has 0 saturated carbocycles. The number of hydrogen-bond donors (Lipinski definition) is 2. The summed E-state index contributed by atoms with van der Waals surface area (Å²) in [6, 6.07) is 0. The van der Waals surface area contributed by atoms with Crippen LogP contribution in [-0.4, -0.2) is 32.3 Å². The molecule has 3 nitrogen and oxygen atoms in total. The first kappa shape index (κ1) is 6.01. The van der Waals surface area contributed by atoms with Gasteiger partial charge < -0.3 is 15.8 Å². The Morgan fingerprint density at radius 1 is 1.75 bits per heavy atom. The van der Waals surface area contributed by atoms with E-state index >= 15 is 0 Å². The molecule has 1 heterocycles. The summed E-state index contributed by atoms with van der Waals surface area (Å²) in [5.41, 5.74) is 5.67. The van der Waals surface area contributed by atoms with Gasteiger partial charge >= 0.3 is 0 Å². The quantitative estimate of drug-likeness (QED) is 0.483. The highest BCUT2D eigenvalue weighted by molar-refractivity contribution is 4.91. The molecule has 0 radical (unpaired) electrons. The summed E-state index contributed by atoms with van der Waals surface area (Å²) in [4.78, 5) is 0. The third-order valence-electron chi connectivity index (χ3n) is 1.31. The summed E-state index contributed by atoms with van der Waals surface area (Å²) >= 11 is 0. The Hall–Kier alpha value is -0.120. The Morgan fingerprint density at radius 3 is 2.50 bits per heavy atom. The molecule has 1 aliphatic rings. The van der Waals surface area contributed by atoms with Crippen molar-refractivity contribution in [3.05, 3.63) is 0 Å². The second kappa shape index (κ2) is 2.01. The van der Waals surface area contributed by atoms with Crippen LogP contribution >= 0.6 is 0 Å². The van der Waals surface area contributed by atoms with Crippen molar-refractivity contribution < 1.29 is 4.74 Å². The molecule has 48 valence electrons. The Labute approximate surface area is 49.2 Å². The average Bonchev–Trinajstić information content (AvgIpc) is 1.64. The minimum Gasteiger partial charge on any atom is -0.377 e. The topological polar surface area (TPSA) is 47.3 Å². The highest BCUT2D eigenvalue weighted by Gasteiger charge is 2.32. The van der Waals surface area contributed by atoms with Gasteiger partial charge in [-0.15, -0.1) is 0 Å². The van der Waals surface area contributed by atoms with Gasteiger partial charge in [0, 0.05) is 6.54 Å². The molecule has 0 aromatic carbocycles. The molecule has 8 heavy (non-hydrogen) atoms. The molecule has 0 atom stereocenters. The second-order valence-electron chi connectivity index (χ2n) is 2.39. The van der Waals surface area contributed by atoms with Crippen LogP contribution in [0.4, 0.5) is 0 Å². The van der Waals surface area contributed by atoms with E-state index in [4.69, 9.17) is 10.5 Å². The maximum absolute atomic E-state index is 5.73. The largest absolute Gasteiger partial charge is 0.377 e. The first-order valence-electron chi connectivity index (χ1n) is 2.78. The molecular formula is C5H12N2O. The fourth-order valence-corrected chi connectivity index (χ4v) is 0.818. The van der Waals surface area contributed by atoms with Crippen molar-refractivity contribution in [3.8, 4) is 0 Å². The second-order valence-corrected chi connectivity index (χ2v) is 2.39. The Balaban J connectivity index is 2.20. The molecule has 3 N–H and O–H groups in total. The van der Waals surface area contributed by atoms with Gasteiger partial charge in [0.15, 0.2) is 0 Å². The predicted molar refractivity (Wildman–Crippen MR) is 31.7 cm³/mol. The third-order valence-corrected chi connectivity index (χ3v) is 1.31. The minimum atomic E-state index is -0.0608. The van der Waals surface area contributed by atoms with Gasteiger partial charge in [-0.05, 0) is 7.05 Å². The van der Waals surface area contributed by atoms with Crippen molar-refractivity contribution in [2.24, 2.45) is 5.73 Å². The maximum atomic E-state index is 5.73. The lowest BCUT2D eigenvalue weighted by molar-refractivity contribution is -0.0513. The van der Waals surface area contributed by atoms with Crippen LogP contribution < -0.4 is 11.1 Å². The lowest BCUT2D eigenvalue weighted by atomic mass is 10.00. The molecule has 0 spiro atoms. The van der Waals surface area contributed by atoms with Crippen molar-refractivity contribution in [1.82, 2.24) is 5.32 Å². The van der Waals surface area contributed by atoms with E-state index in [0.717, 1.165) is 6.54 Å². The first-order chi connectivity index (χ1) is 3.77. The standard InChI is InChI=1S/C5H12N2O/c1-7-2-5(6)3-8-4-5/h7H,2-4,6H2,1H3. The third kappa shape index (κ3) is 0.992. The average molecular weight is 116 g/mol. The zero-order valence-electron chi connectivity index (χ0n) is 5.11. The molecule has 1 fully saturated rings. The van der Waals surface area contributed by atoms with E-state index < -0.39 is 0 Å². The predicted octanol–water partition coefficient (Wildman–Crippen LogP) is -1.07. The fraction of sp³-hybridized carbons (Fsp3) is 1.00. The Kier molecular flexibility index (Phi) is 1.51. The van der Waals surface area contributed by atoms with Crippen LogP contribution in [0.2, 0.25) is 0 Å². The summed E-state index contributed by atoms with van der Waals surface area (Å²) < 4.78 is 4.93. The molecule has 1 rings (SSSR count). The number of nitrogens with one attached hydrogen (secondary N) is 1. The number of ether oxygens (including phenoxy) is 1. The van der Waals surface area contributed by atoms with Gasteiger partial charge in [-0.1, -0.05) is 0 Å². The van der Waals surface area contributed by atoms with Crippen LogP contribution in [0.3, 0.4) is 0 Å². The molecule has 0 amide bonds. The Morgan fingerprint density at radius 2 is 2.38 bits per heavy atom. The molecule has 0 unspecified atom stereocenters. The molecule has 0 bridgehead atoms. The highest BCUT2D eigenvalue weighted by Crippen LogP contribution is 2.10. The van der Waals surface area contributed by atoms with E-state index in [1.54, 1.807) is 0 Å². The van der Waals surface area contributed by atoms with E-state index in [2.05, 4.69) is 5.32 Å². The van der Waals surface area contributed by atoms with Gasteiger partial charge in [-0.25, -0.2) is 0 Å². The summed E-state index contributed by atoms with van der Waals surface area (Å²) in [5, 5.41) is 3.01. The van der Waals surface area contributed by atoms with E-state index in [1.165, 1.54) is 0 Å². The van der Waals surface area contributed by atoms with Crippen molar-refractivity contribution in [1.29, 1.82) is 0 Å². The van der Waals surface area contributed by atoms with E-state index in [9.17, 15) is 0 Å². The Bertz CT molecular complexity index is 80.5. The lowest BCUT2D eigenvalue weighted by Crippen LogP contribution is -2.62. The van der Waals surface area contributed by atoms with Gasteiger partial charge in [-0.2, -0.15) is 0 Å². The summed E-state index contributed by atoms with van der Waals surface area (Å²) in [6.45, 7) is 2.26. The number of hydrogen-bond acceptors (Lipinski definition) is 3. The van der Waals surface area contributed by atoms with E-state index in [0.29, 0.717) is 13.2 Å². The normalized spacial score (nSPS) is 24.8. The van der Waals surface area contributed by atoms with Gasteiger partial charge in [0.1, 0.15) is 0 Å². The number of likely N-dealkylation sites (N-methyl/N-ethyl adjacent to an activating group) is 1. The minimum absolute atomic E-state index is 0.0608. The van der Waals surface area contributed by atoms with Crippen molar-refractivity contribution in [3.63, 3.8) is 0 Å². The van der Waals surface area contributed by atoms with Crippen LogP contribution in [0, 0.1) is 0 Å². The van der Waals surface area contributed by atoms with Gasteiger partial charge in [-0.3, -0.25) is 0 Å². The summed E-state index contributed by atoms with van der Waals surface area (Å²) in [6.07, 6.45) is 0. The monoisotopic (exact) mass is 116 g/mol. The number of rotatable bonds is 2. The lowest BCUT2D eigenvalue weighted by Gasteiger charge is -2.37.